The molecule has 45 heavy (non-hydrogen) atoms. The molecular weight excluding hydrogens is 588 g/mol. The van der Waals surface area contributed by atoms with E-state index >= 15 is 8.78 Å². The molecule has 228 valence electrons. The van der Waals surface area contributed by atoms with Crippen LogP contribution < -0.4 is 4.74 Å². The fraction of sp³-hybridized carbons (Fsp3) is 0.235. The molecule has 0 amide bonds. The minimum absolute atomic E-state index is 0.00942. The number of carbonyl (C=O) groups is 1. The summed E-state index contributed by atoms with van der Waals surface area (Å²) >= 11 is 0. The molecule has 11 heteroatoms. The standard InChI is InChI=1S/C34H26F4N4O3/c1-19-2-3-21(25(36)12-19)17-45-32-24(35)5-7-28(41-32)23-16-26(37)22(13-27(23)38)15-31-40-29-6-4-20(33(43)44)14-30(29)42(31)18-34(8-9-34)10-11-39/h2-7,12-14,16H,8-10,15,17-18H2,1H3,(H,43,44). The number of nitriles is 1. The number of rotatable bonds is 10. The van der Waals surface area contributed by atoms with Crippen molar-refractivity contribution < 1.29 is 32.2 Å². The van der Waals surface area contributed by atoms with Crippen LogP contribution in [0.2, 0.25) is 0 Å². The molecule has 0 saturated heterocycles. The van der Waals surface area contributed by atoms with Gasteiger partial charge in [0.15, 0.2) is 5.82 Å². The van der Waals surface area contributed by atoms with Crippen molar-refractivity contribution in [2.24, 2.45) is 5.41 Å². The maximum Gasteiger partial charge on any atom is 0.335 e. The van der Waals surface area contributed by atoms with E-state index in [1.54, 1.807) is 23.6 Å². The van der Waals surface area contributed by atoms with Crippen LogP contribution in [0.25, 0.3) is 22.3 Å². The van der Waals surface area contributed by atoms with Crippen molar-refractivity contribution >= 4 is 17.0 Å². The highest BCUT2D eigenvalue weighted by Gasteiger charge is 2.43. The molecule has 6 rings (SSSR count). The van der Waals surface area contributed by atoms with E-state index in [1.165, 1.54) is 30.3 Å². The first-order chi connectivity index (χ1) is 21.6. The first-order valence-corrected chi connectivity index (χ1v) is 14.2. The van der Waals surface area contributed by atoms with Gasteiger partial charge in [0.25, 0.3) is 5.88 Å². The fourth-order valence-corrected chi connectivity index (χ4v) is 5.37. The van der Waals surface area contributed by atoms with E-state index in [4.69, 9.17) is 4.74 Å². The zero-order chi connectivity index (χ0) is 31.9. The third-order valence-corrected chi connectivity index (χ3v) is 8.13. The first-order valence-electron chi connectivity index (χ1n) is 14.2. The highest BCUT2D eigenvalue weighted by Crippen LogP contribution is 2.50. The van der Waals surface area contributed by atoms with Gasteiger partial charge in [-0.15, -0.1) is 0 Å². The van der Waals surface area contributed by atoms with E-state index in [1.807, 2.05) is 0 Å². The van der Waals surface area contributed by atoms with Crippen molar-refractivity contribution in [2.75, 3.05) is 0 Å². The van der Waals surface area contributed by atoms with Gasteiger partial charge in [0.2, 0.25) is 0 Å². The lowest BCUT2D eigenvalue weighted by molar-refractivity contribution is 0.0697. The fourth-order valence-electron chi connectivity index (χ4n) is 5.37. The molecule has 1 fully saturated rings. The van der Waals surface area contributed by atoms with Crippen molar-refractivity contribution in [3.8, 4) is 23.2 Å². The van der Waals surface area contributed by atoms with Crippen LogP contribution >= 0.6 is 0 Å². The molecular formula is C34H26F4N4O3. The summed E-state index contributed by atoms with van der Waals surface area (Å²) in [7, 11) is 0. The number of halogens is 4. The highest BCUT2D eigenvalue weighted by molar-refractivity contribution is 5.92. The summed E-state index contributed by atoms with van der Waals surface area (Å²) < 4.78 is 67.0. The van der Waals surface area contributed by atoms with E-state index in [-0.39, 0.29) is 46.4 Å². The van der Waals surface area contributed by atoms with E-state index < -0.39 is 35.1 Å². The molecule has 0 radical (unpaired) electrons. The average molecular weight is 615 g/mol. The minimum atomic E-state index is -1.11. The Balaban J connectivity index is 1.30. The highest BCUT2D eigenvalue weighted by atomic mass is 19.1. The predicted octanol–water partition coefficient (Wildman–Crippen LogP) is 7.53. The number of hydrogen-bond acceptors (Lipinski definition) is 5. The van der Waals surface area contributed by atoms with Crippen LogP contribution in [0.5, 0.6) is 5.88 Å². The molecule has 1 aliphatic rings. The van der Waals surface area contributed by atoms with Gasteiger partial charge in [0.1, 0.15) is 29.9 Å². The summed E-state index contributed by atoms with van der Waals surface area (Å²) in [6, 6.07) is 15.4. The monoisotopic (exact) mass is 614 g/mol. The van der Waals surface area contributed by atoms with Crippen LogP contribution in [-0.4, -0.2) is 25.6 Å². The van der Waals surface area contributed by atoms with Crippen LogP contribution in [-0.2, 0) is 19.6 Å². The summed E-state index contributed by atoms with van der Waals surface area (Å²) in [6.45, 7) is 1.79. The normalized spacial score (nSPS) is 13.5. The molecule has 2 aromatic heterocycles. The second-order valence-corrected chi connectivity index (χ2v) is 11.4. The number of aromatic nitrogens is 3. The molecule has 3 aromatic carbocycles. The summed E-state index contributed by atoms with van der Waals surface area (Å²) in [5.74, 6) is -4.16. The Bertz CT molecular complexity index is 2010. The summed E-state index contributed by atoms with van der Waals surface area (Å²) in [4.78, 5) is 20.3. The average Bonchev–Trinajstić information content (AvgIpc) is 3.68. The number of carboxylic acids is 1. The van der Waals surface area contributed by atoms with E-state index in [0.29, 0.717) is 35.4 Å². The van der Waals surface area contributed by atoms with Crippen molar-refractivity contribution in [3.05, 3.63) is 112 Å². The topological polar surface area (TPSA) is 101 Å². The van der Waals surface area contributed by atoms with Gasteiger partial charge in [-0.05, 0) is 79.4 Å². The Morgan fingerprint density at radius 3 is 2.44 bits per heavy atom. The summed E-state index contributed by atoms with van der Waals surface area (Å²) in [5.41, 5.74) is 1.36. The smallest absolute Gasteiger partial charge is 0.335 e. The molecule has 1 N–H and O–H groups in total. The van der Waals surface area contributed by atoms with Gasteiger partial charge >= 0.3 is 5.97 Å². The Kier molecular flexibility index (Phi) is 7.74. The number of benzene rings is 3. The van der Waals surface area contributed by atoms with E-state index in [2.05, 4.69) is 16.0 Å². The number of aromatic carboxylic acids is 1. The van der Waals surface area contributed by atoms with Gasteiger partial charge in [-0.2, -0.15) is 5.26 Å². The molecule has 1 aliphatic carbocycles. The van der Waals surface area contributed by atoms with Gasteiger partial charge in [-0.1, -0.05) is 12.1 Å². The van der Waals surface area contributed by atoms with Crippen LogP contribution in [0, 0.1) is 46.9 Å². The number of aryl methyl sites for hydroxylation is 1. The van der Waals surface area contributed by atoms with Crippen molar-refractivity contribution in [1.29, 1.82) is 5.26 Å². The minimum Gasteiger partial charge on any atom is -0.478 e. The van der Waals surface area contributed by atoms with Gasteiger partial charge in [0, 0.05) is 35.9 Å². The number of nitrogens with zero attached hydrogens (tertiary/aromatic N) is 4. The number of pyridine rings is 1. The lowest BCUT2D eigenvalue weighted by Gasteiger charge is -2.16. The Morgan fingerprint density at radius 2 is 1.73 bits per heavy atom. The SMILES string of the molecule is Cc1ccc(COc2nc(-c3cc(F)c(Cc4nc5ccc(C(=O)O)cc5n4CC4(CC#N)CC4)cc3F)ccc2F)c(F)c1. The number of hydrogen-bond donors (Lipinski definition) is 1. The number of carboxylic acid groups (broad SMARTS) is 1. The third kappa shape index (κ3) is 6.09. The molecule has 1 saturated carbocycles. The first kappa shape index (κ1) is 29.8. The van der Waals surface area contributed by atoms with E-state index in [9.17, 15) is 23.9 Å². The van der Waals surface area contributed by atoms with Gasteiger partial charge in [-0.3, -0.25) is 0 Å². The maximum atomic E-state index is 15.6. The quantitative estimate of drug-likeness (QED) is 0.163. The largest absolute Gasteiger partial charge is 0.478 e. The summed E-state index contributed by atoms with van der Waals surface area (Å²) in [5, 5.41) is 18.8. The van der Waals surface area contributed by atoms with Crippen LogP contribution in [0.15, 0.2) is 60.7 Å². The number of ether oxygens (including phenoxy) is 1. The van der Waals surface area contributed by atoms with Crippen LogP contribution in [0.3, 0.4) is 0 Å². The Labute approximate surface area is 255 Å². The van der Waals surface area contributed by atoms with Crippen molar-refractivity contribution in [1.82, 2.24) is 14.5 Å². The molecule has 0 atom stereocenters. The van der Waals surface area contributed by atoms with Gasteiger partial charge in [-0.25, -0.2) is 32.3 Å². The molecule has 0 spiro atoms. The zero-order valence-electron chi connectivity index (χ0n) is 24.1. The number of fused-ring (bicyclic) bond motifs is 1. The van der Waals surface area contributed by atoms with Gasteiger partial charge in [0.05, 0.1) is 28.4 Å². The number of imidazole rings is 1. The van der Waals surface area contributed by atoms with Crippen LogP contribution in [0.1, 0.15) is 52.1 Å². The molecule has 5 aromatic rings. The van der Waals surface area contributed by atoms with Gasteiger partial charge < -0.3 is 14.4 Å². The van der Waals surface area contributed by atoms with E-state index in [0.717, 1.165) is 31.0 Å². The maximum absolute atomic E-state index is 15.6. The second kappa shape index (κ2) is 11.7. The molecule has 7 nitrogen and oxygen atoms in total. The third-order valence-electron chi connectivity index (χ3n) is 8.13. The van der Waals surface area contributed by atoms with Crippen molar-refractivity contribution in [2.45, 2.75) is 45.8 Å². The Hall–Kier alpha value is -5.24. The molecule has 0 aliphatic heterocycles. The predicted molar refractivity (Wildman–Crippen MR) is 156 cm³/mol. The molecule has 0 bridgehead atoms. The lowest BCUT2D eigenvalue weighted by Crippen LogP contribution is -2.15. The zero-order valence-corrected chi connectivity index (χ0v) is 24.1. The second-order valence-electron chi connectivity index (χ2n) is 11.4. The lowest BCUT2D eigenvalue weighted by atomic mass is 10.0. The Morgan fingerprint density at radius 1 is 0.956 bits per heavy atom. The molecule has 2 heterocycles. The van der Waals surface area contributed by atoms with Crippen LogP contribution in [0.4, 0.5) is 17.6 Å². The van der Waals surface area contributed by atoms with Crippen molar-refractivity contribution in [3.63, 3.8) is 0 Å². The summed E-state index contributed by atoms with van der Waals surface area (Å²) in [6.07, 6.45) is 1.81. The molecule has 0 unspecified atom stereocenters.